The first-order valence-corrected chi connectivity index (χ1v) is 7.10. The van der Waals surface area contributed by atoms with E-state index < -0.39 is 0 Å². The van der Waals surface area contributed by atoms with Crippen molar-refractivity contribution in [2.45, 2.75) is 0 Å². The maximum atomic E-state index is 5.98. The van der Waals surface area contributed by atoms with Gasteiger partial charge in [-0.2, -0.15) is 11.3 Å². The average molecular weight is 320 g/mol. The quantitative estimate of drug-likeness (QED) is 0.689. The molecule has 0 saturated heterocycles. The van der Waals surface area contributed by atoms with Gasteiger partial charge in [0.05, 0.1) is 11.2 Å². The van der Waals surface area contributed by atoms with E-state index in [0.717, 1.165) is 32.4 Å². The minimum atomic E-state index is 0.731. The van der Waals surface area contributed by atoms with Crippen LogP contribution in [0.15, 0.2) is 45.7 Å². The molecule has 1 aromatic carbocycles. The first kappa shape index (κ1) is 11.5. The van der Waals surface area contributed by atoms with Gasteiger partial charge in [-0.25, -0.2) is 0 Å². The number of nitrogens with one attached hydrogen (secondary N) is 1. The van der Waals surface area contributed by atoms with Crippen LogP contribution in [0.2, 0.25) is 0 Å². The molecule has 0 radical (unpaired) electrons. The van der Waals surface area contributed by atoms with Gasteiger partial charge in [0.2, 0.25) is 0 Å². The van der Waals surface area contributed by atoms with E-state index in [9.17, 15) is 0 Å². The Labute approximate surface area is 117 Å². The zero-order valence-electron chi connectivity index (χ0n) is 9.35. The molecule has 90 valence electrons. The molecular weight excluding hydrogens is 310 g/mol. The Hall–Kier alpha value is -1.59. The third-order valence-electron chi connectivity index (χ3n) is 2.65. The normalized spacial score (nSPS) is 10.7. The minimum absolute atomic E-state index is 0.731. The summed E-state index contributed by atoms with van der Waals surface area (Å²) < 4.78 is 0.925. The van der Waals surface area contributed by atoms with Crippen molar-refractivity contribution in [2.24, 2.45) is 0 Å². The monoisotopic (exact) mass is 319 g/mol. The highest BCUT2D eigenvalue weighted by Gasteiger charge is 2.06. The van der Waals surface area contributed by atoms with E-state index in [1.807, 2.05) is 29.6 Å². The lowest BCUT2D eigenvalue weighted by Gasteiger charge is -2.09. The maximum Gasteiger partial charge on any atom is 0.0958 e. The van der Waals surface area contributed by atoms with Crippen molar-refractivity contribution < 1.29 is 0 Å². The SMILES string of the molecule is Nc1ccc(Nc2ccsc2)c2ncc(Br)cc12. The van der Waals surface area contributed by atoms with Gasteiger partial charge in [0.15, 0.2) is 0 Å². The lowest BCUT2D eigenvalue weighted by atomic mass is 10.1. The molecule has 3 nitrogen and oxygen atoms in total. The lowest BCUT2D eigenvalue weighted by Crippen LogP contribution is -1.95. The molecule has 0 saturated carbocycles. The van der Waals surface area contributed by atoms with Crippen molar-refractivity contribution in [3.63, 3.8) is 0 Å². The third-order valence-corrected chi connectivity index (χ3v) is 3.77. The predicted octanol–water partition coefficient (Wildman–Crippen LogP) is 4.38. The molecular formula is C13H10BrN3S. The number of benzene rings is 1. The van der Waals surface area contributed by atoms with Gasteiger partial charge in [-0.3, -0.25) is 4.98 Å². The van der Waals surface area contributed by atoms with Gasteiger partial charge in [-0.15, -0.1) is 0 Å². The summed E-state index contributed by atoms with van der Waals surface area (Å²) in [5.41, 5.74) is 9.62. The van der Waals surface area contributed by atoms with Crippen LogP contribution in [0.3, 0.4) is 0 Å². The number of anilines is 3. The number of nitrogens with two attached hydrogens (primary N) is 1. The van der Waals surface area contributed by atoms with Gasteiger partial charge < -0.3 is 11.1 Å². The molecule has 0 fully saturated rings. The average Bonchev–Trinajstić information content (AvgIpc) is 2.86. The number of halogens is 1. The van der Waals surface area contributed by atoms with Crippen LogP contribution in [0.5, 0.6) is 0 Å². The number of thiophene rings is 1. The number of hydrogen-bond acceptors (Lipinski definition) is 4. The van der Waals surface area contributed by atoms with Crippen molar-refractivity contribution in [2.75, 3.05) is 11.1 Å². The van der Waals surface area contributed by atoms with Gasteiger partial charge >= 0.3 is 0 Å². The van der Waals surface area contributed by atoms with Crippen LogP contribution in [-0.4, -0.2) is 4.98 Å². The predicted molar refractivity (Wildman–Crippen MR) is 81.5 cm³/mol. The van der Waals surface area contributed by atoms with E-state index in [1.165, 1.54) is 0 Å². The Kier molecular flexibility index (Phi) is 2.93. The second-order valence-electron chi connectivity index (χ2n) is 3.89. The van der Waals surface area contributed by atoms with Gasteiger partial charge in [0, 0.05) is 32.8 Å². The highest BCUT2D eigenvalue weighted by Crippen LogP contribution is 2.31. The zero-order valence-corrected chi connectivity index (χ0v) is 11.8. The first-order chi connectivity index (χ1) is 8.74. The fraction of sp³-hybridized carbons (Fsp3) is 0. The van der Waals surface area contributed by atoms with Crippen molar-refractivity contribution >= 4 is 55.2 Å². The van der Waals surface area contributed by atoms with Crippen molar-refractivity contribution in [3.05, 3.63) is 45.7 Å². The molecule has 0 aliphatic rings. The van der Waals surface area contributed by atoms with E-state index in [0.29, 0.717) is 0 Å². The molecule has 0 aliphatic heterocycles. The van der Waals surface area contributed by atoms with E-state index in [2.05, 4.69) is 31.6 Å². The number of nitrogens with zero attached hydrogens (tertiary/aromatic N) is 1. The Balaban J connectivity index is 2.15. The summed E-state index contributed by atoms with van der Waals surface area (Å²) in [7, 11) is 0. The summed E-state index contributed by atoms with van der Waals surface area (Å²) >= 11 is 5.07. The topological polar surface area (TPSA) is 50.9 Å². The number of aromatic nitrogens is 1. The largest absolute Gasteiger partial charge is 0.398 e. The summed E-state index contributed by atoms with van der Waals surface area (Å²) in [5.74, 6) is 0. The molecule has 3 N–H and O–H groups in total. The van der Waals surface area contributed by atoms with E-state index >= 15 is 0 Å². The second-order valence-corrected chi connectivity index (χ2v) is 5.58. The molecule has 0 amide bonds. The molecule has 3 aromatic rings. The number of rotatable bonds is 2. The summed E-state index contributed by atoms with van der Waals surface area (Å²) in [4.78, 5) is 4.44. The minimum Gasteiger partial charge on any atom is -0.398 e. The Morgan fingerprint density at radius 2 is 2.17 bits per heavy atom. The van der Waals surface area contributed by atoms with Crippen molar-refractivity contribution in [1.82, 2.24) is 4.98 Å². The molecule has 2 heterocycles. The summed E-state index contributed by atoms with van der Waals surface area (Å²) in [5, 5.41) is 8.39. The first-order valence-electron chi connectivity index (χ1n) is 5.37. The zero-order chi connectivity index (χ0) is 12.5. The number of hydrogen-bond donors (Lipinski definition) is 2. The fourth-order valence-corrected chi connectivity index (χ4v) is 2.73. The maximum absolute atomic E-state index is 5.98. The van der Waals surface area contributed by atoms with E-state index in [-0.39, 0.29) is 0 Å². The van der Waals surface area contributed by atoms with Crippen LogP contribution in [0.25, 0.3) is 10.9 Å². The van der Waals surface area contributed by atoms with Crippen LogP contribution >= 0.6 is 27.3 Å². The second kappa shape index (κ2) is 4.59. The highest BCUT2D eigenvalue weighted by atomic mass is 79.9. The van der Waals surface area contributed by atoms with E-state index in [4.69, 9.17) is 5.73 Å². The van der Waals surface area contributed by atoms with Gasteiger partial charge in [-0.05, 0) is 45.6 Å². The highest BCUT2D eigenvalue weighted by molar-refractivity contribution is 9.10. The molecule has 18 heavy (non-hydrogen) atoms. The molecule has 0 unspecified atom stereocenters. The summed E-state index contributed by atoms with van der Waals surface area (Å²) in [6, 6.07) is 7.86. The van der Waals surface area contributed by atoms with Crippen molar-refractivity contribution in [3.8, 4) is 0 Å². The summed E-state index contributed by atoms with van der Waals surface area (Å²) in [6.45, 7) is 0. The molecule has 0 bridgehead atoms. The molecule has 0 aliphatic carbocycles. The van der Waals surface area contributed by atoms with Gasteiger partial charge in [0.1, 0.15) is 0 Å². The van der Waals surface area contributed by atoms with Gasteiger partial charge in [-0.1, -0.05) is 0 Å². The molecule has 0 atom stereocenters. The Morgan fingerprint density at radius 1 is 1.28 bits per heavy atom. The standard InChI is InChI=1S/C13H10BrN3S/c14-8-5-10-11(15)1-2-12(13(10)16-6-8)17-9-3-4-18-7-9/h1-7,17H,15H2. The summed E-state index contributed by atoms with van der Waals surface area (Å²) in [6.07, 6.45) is 1.78. The van der Waals surface area contributed by atoms with Crippen LogP contribution in [0.4, 0.5) is 17.1 Å². The Morgan fingerprint density at radius 3 is 2.94 bits per heavy atom. The smallest absolute Gasteiger partial charge is 0.0958 e. The molecule has 3 rings (SSSR count). The van der Waals surface area contributed by atoms with Crippen LogP contribution in [0, 0.1) is 0 Å². The number of fused-ring (bicyclic) bond motifs is 1. The number of nitrogen functional groups attached to an aromatic ring is 1. The molecule has 2 aromatic heterocycles. The van der Waals surface area contributed by atoms with Crippen molar-refractivity contribution in [1.29, 1.82) is 0 Å². The van der Waals surface area contributed by atoms with Gasteiger partial charge in [0.25, 0.3) is 0 Å². The van der Waals surface area contributed by atoms with E-state index in [1.54, 1.807) is 17.5 Å². The fourth-order valence-electron chi connectivity index (χ4n) is 1.81. The molecule has 5 heteroatoms. The Bertz CT molecular complexity index is 695. The van der Waals surface area contributed by atoms with Crippen LogP contribution in [0.1, 0.15) is 0 Å². The third kappa shape index (κ3) is 2.07. The lowest BCUT2D eigenvalue weighted by molar-refractivity contribution is 1.38. The number of pyridine rings is 1. The van der Waals surface area contributed by atoms with Crippen LogP contribution in [-0.2, 0) is 0 Å². The molecule has 0 spiro atoms. The van der Waals surface area contributed by atoms with Crippen LogP contribution < -0.4 is 11.1 Å².